The van der Waals surface area contributed by atoms with E-state index in [1.807, 2.05) is 10.8 Å². The fraction of sp³-hybridized carbons (Fsp3) is 0.794. The predicted molar refractivity (Wildman–Crippen MR) is 191 cm³/mol. The van der Waals surface area contributed by atoms with Crippen LogP contribution in [-0.2, 0) is 13.3 Å². The number of fused-ring (bicyclic) bond motifs is 1. The summed E-state index contributed by atoms with van der Waals surface area (Å²) in [5.41, 5.74) is 1.33. The third-order valence-corrected chi connectivity index (χ3v) is 15.1. The molecule has 0 saturated heterocycles. The van der Waals surface area contributed by atoms with Crippen LogP contribution in [-0.4, -0.2) is 39.4 Å². The van der Waals surface area contributed by atoms with Gasteiger partial charge in [-0.3, -0.25) is 0 Å². The zero-order valence-corrected chi connectivity index (χ0v) is 30.8. The molecule has 0 N–H and O–H groups in total. The maximum atomic E-state index is 6.80. The van der Waals surface area contributed by atoms with E-state index in [4.69, 9.17) is 18.3 Å². The number of para-hydroxylation sites is 1. The van der Waals surface area contributed by atoms with Gasteiger partial charge in [-0.05, 0) is 42.2 Å². The molecule has 1 unspecified atom stereocenters. The molecule has 0 bridgehead atoms. The van der Waals surface area contributed by atoms with E-state index in [0.29, 0.717) is 0 Å². The van der Waals surface area contributed by atoms with Crippen LogP contribution in [0.4, 0.5) is 0 Å². The van der Waals surface area contributed by atoms with Crippen LogP contribution in [0.5, 0.6) is 0 Å². The van der Waals surface area contributed by atoms with Crippen LogP contribution in [0.3, 0.4) is 0 Å². The number of thiazole rings is 1. The quantitative estimate of drug-likeness (QED) is 0.0493. The summed E-state index contributed by atoms with van der Waals surface area (Å²) in [6.45, 7) is 11.4. The highest BCUT2D eigenvalue weighted by Gasteiger charge is 2.47. The fourth-order valence-electron chi connectivity index (χ4n) is 5.02. The molecule has 0 aliphatic rings. The summed E-state index contributed by atoms with van der Waals surface area (Å²) < 4.78 is 22.8. The second-order valence-corrected chi connectivity index (χ2v) is 18.3. The minimum Gasteiger partial charge on any atom is -0.373 e. The molecule has 0 saturated carbocycles. The Morgan fingerprint density at radius 2 is 1.12 bits per heavy atom. The summed E-state index contributed by atoms with van der Waals surface area (Å²) >= 11 is 1.78. The van der Waals surface area contributed by atoms with Gasteiger partial charge in [0.25, 0.3) is 0 Å². The van der Waals surface area contributed by atoms with E-state index in [2.05, 4.69) is 52.0 Å². The van der Waals surface area contributed by atoms with Crippen LogP contribution in [0.1, 0.15) is 143 Å². The van der Waals surface area contributed by atoms with Gasteiger partial charge in [0.1, 0.15) is 0 Å². The van der Waals surface area contributed by atoms with Crippen LogP contribution in [0, 0.1) is 0 Å². The zero-order valence-electron chi connectivity index (χ0n) is 27.3. The molecule has 0 radical (unpaired) electrons. The van der Waals surface area contributed by atoms with Crippen LogP contribution in [0.2, 0.25) is 5.54 Å². The van der Waals surface area contributed by atoms with Crippen LogP contribution in [0.15, 0.2) is 28.6 Å². The number of unbranched alkanes of at least 4 members (excludes halogenated alkanes) is 15. The Bertz CT molecular complexity index is 821. The monoisotopic (exact) mass is 655 g/mol. The van der Waals surface area contributed by atoms with Crippen molar-refractivity contribution < 1.29 is 13.3 Å². The first-order chi connectivity index (χ1) is 20.6. The van der Waals surface area contributed by atoms with Gasteiger partial charge in [-0.15, -0.1) is 11.3 Å². The number of hydrogen-bond donors (Lipinski definition) is 0. The molecule has 2 rings (SSSR count). The largest absolute Gasteiger partial charge is 0.504 e. The van der Waals surface area contributed by atoms with Gasteiger partial charge in [-0.25, -0.2) is 4.98 Å². The average Bonchev–Trinajstić information content (AvgIpc) is 3.42. The second kappa shape index (κ2) is 25.1. The highest BCUT2D eigenvalue weighted by Crippen LogP contribution is 2.40. The molecule has 242 valence electrons. The topological polar surface area (TPSA) is 40.6 Å². The van der Waals surface area contributed by atoms with Crippen molar-refractivity contribution in [3.63, 3.8) is 0 Å². The lowest BCUT2D eigenvalue weighted by atomic mass is 10.1. The molecule has 8 heteroatoms. The third kappa shape index (κ3) is 16.3. The van der Waals surface area contributed by atoms with Gasteiger partial charge in [-0.2, -0.15) is 0 Å². The highest BCUT2D eigenvalue weighted by atomic mass is 33.1. The van der Waals surface area contributed by atoms with Crippen molar-refractivity contribution in [3.05, 3.63) is 24.3 Å². The molecule has 0 fully saturated rings. The van der Waals surface area contributed by atoms with Crippen molar-refractivity contribution in [1.29, 1.82) is 0 Å². The Hall–Kier alpha value is -0.0931. The standard InChI is InChI=1S/C34H61NO3S3Si/c1-5-8-11-14-17-22-27-36-42(37-28-23-18-15-12-9-6-2,38-29-24-19-16-13-10-7-3)31(4)30-39-41-34-35-32-25-20-21-26-33(32)40-34/h20-21,25-26,31H,5-19,22-24,27-30H2,1-4H3. The van der Waals surface area contributed by atoms with E-state index in [1.54, 1.807) is 22.1 Å². The van der Waals surface area contributed by atoms with Crippen molar-refractivity contribution in [2.75, 3.05) is 25.6 Å². The first-order valence-corrected chi connectivity index (χ1v) is 22.2. The first kappa shape index (κ1) is 38.1. The molecule has 1 aromatic carbocycles. The van der Waals surface area contributed by atoms with Gasteiger partial charge >= 0.3 is 8.80 Å². The number of aromatic nitrogens is 1. The maximum Gasteiger partial charge on any atom is 0.504 e. The number of nitrogens with zero attached hydrogens (tertiary/aromatic N) is 1. The van der Waals surface area contributed by atoms with E-state index < -0.39 is 8.80 Å². The second-order valence-electron chi connectivity index (χ2n) is 11.7. The Morgan fingerprint density at radius 1 is 0.667 bits per heavy atom. The van der Waals surface area contributed by atoms with Gasteiger partial charge < -0.3 is 13.3 Å². The Balaban J connectivity index is 1.99. The predicted octanol–water partition coefficient (Wildman–Crippen LogP) is 12.5. The number of hydrogen-bond acceptors (Lipinski definition) is 7. The molecule has 2 aromatic rings. The third-order valence-electron chi connectivity index (χ3n) is 7.73. The van der Waals surface area contributed by atoms with E-state index >= 15 is 0 Å². The minimum atomic E-state index is -2.85. The molecular formula is C34H61NO3S3Si. The summed E-state index contributed by atoms with van der Waals surface area (Å²) in [5.74, 6) is 0.941. The molecular weight excluding hydrogens is 595 g/mol. The van der Waals surface area contributed by atoms with Crippen molar-refractivity contribution in [3.8, 4) is 0 Å². The summed E-state index contributed by atoms with van der Waals surface area (Å²) in [6.07, 6.45) is 22.7. The van der Waals surface area contributed by atoms with Crippen molar-refractivity contribution in [2.45, 2.75) is 153 Å². The summed E-state index contributed by atoms with van der Waals surface area (Å²) in [5, 5.41) is 0. The lowest BCUT2D eigenvalue weighted by Crippen LogP contribution is -2.51. The van der Waals surface area contributed by atoms with Gasteiger partial charge in [0.2, 0.25) is 0 Å². The normalized spacial score (nSPS) is 12.9. The lowest BCUT2D eigenvalue weighted by Gasteiger charge is -2.34. The molecule has 4 nitrogen and oxygen atoms in total. The first-order valence-electron chi connectivity index (χ1n) is 17.2. The summed E-state index contributed by atoms with van der Waals surface area (Å²) in [7, 11) is 0.817. The lowest BCUT2D eigenvalue weighted by molar-refractivity contribution is 0.0490. The number of benzene rings is 1. The van der Waals surface area contributed by atoms with E-state index in [1.165, 1.54) is 101 Å². The van der Waals surface area contributed by atoms with Crippen LogP contribution >= 0.6 is 32.9 Å². The van der Waals surface area contributed by atoms with Gasteiger partial charge in [0.05, 0.1) is 10.2 Å². The smallest absolute Gasteiger partial charge is 0.373 e. The average molecular weight is 656 g/mol. The highest BCUT2D eigenvalue weighted by molar-refractivity contribution is 8.77. The van der Waals surface area contributed by atoms with Crippen LogP contribution < -0.4 is 0 Å². The molecule has 42 heavy (non-hydrogen) atoms. The number of rotatable bonds is 29. The molecule has 1 heterocycles. The maximum absolute atomic E-state index is 6.80. The van der Waals surface area contributed by atoms with Gasteiger partial charge in [0.15, 0.2) is 4.34 Å². The van der Waals surface area contributed by atoms with Gasteiger partial charge in [-0.1, -0.05) is 147 Å². The molecule has 0 aliphatic carbocycles. The Kier molecular flexibility index (Phi) is 22.8. The van der Waals surface area contributed by atoms with E-state index in [-0.39, 0.29) is 5.54 Å². The Morgan fingerprint density at radius 3 is 1.60 bits per heavy atom. The molecule has 1 atom stereocenters. The molecule has 0 spiro atoms. The van der Waals surface area contributed by atoms with Crippen molar-refractivity contribution in [2.24, 2.45) is 0 Å². The zero-order chi connectivity index (χ0) is 30.1. The Labute approximate surface area is 272 Å². The molecule has 1 aromatic heterocycles. The minimum absolute atomic E-state index is 0.240. The summed E-state index contributed by atoms with van der Waals surface area (Å²) in [6, 6.07) is 8.41. The molecule has 0 aliphatic heterocycles. The van der Waals surface area contributed by atoms with Crippen LogP contribution in [0.25, 0.3) is 10.2 Å². The summed E-state index contributed by atoms with van der Waals surface area (Å²) in [4.78, 5) is 4.82. The SMILES string of the molecule is CCCCCCCCO[Si](OCCCCCCCC)(OCCCCCCCC)C(C)CSSc1nc2ccccc2s1. The van der Waals surface area contributed by atoms with Gasteiger partial charge in [0, 0.05) is 31.1 Å². The fourth-order valence-corrected chi connectivity index (χ4v) is 12.4. The van der Waals surface area contributed by atoms with Crippen molar-refractivity contribution in [1.82, 2.24) is 4.98 Å². The van der Waals surface area contributed by atoms with E-state index in [9.17, 15) is 0 Å². The van der Waals surface area contributed by atoms with E-state index in [0.717, 1.165) is 54.7 Å². The van der Waals surface area contributed by atoms with Crippen molar-refractivity contribution >= 4 is 51.9 Å². The molecule has 0 amide bonds.